The molecule has 0 amide bonds. The van der Waals surface area contributed by atoms with Gasteiger partial charge < -0.3 is 19.5 Å². The number of nitrogens with one attached hydrogen (secondary N) is 2. The fourth-order valence-electron chi connectivity index (χ4n) is 4.62. The molecular weight excluding hydrogens is 595 g/mol. The number of pyridine rings is 1. The predicted octanol–water partition coefficient (Wildman–Crippen LogP) is 6.08. The van der Waals surface area contributed by atoms with Gasteiger partial charge in [0.2, 0.25) is 5.78 Å². The largest absolute Gasteiger partial charge is 0.598 e. The van der Waals surface area contributed by atoms with E-state index in [0.717, 1.165) is 37.2 Å². The van der Waals surface area contributed by atoms with Gasteiger partial charge in [-0.15, -0.1) is 4.72 Å². The SMILES string of the molecule is COc1ccc(CNc2nccc(C(=O)c3ncc(N4CCC(C)([C@@H](C)N[S+]([O-])C(C)(C)C)CC4)nc3Cl)c2Cl)cc1. The number of methoxy groups -OCH3 is 1. The second-order valence-electron chi connectivity index (χ2n) is 11.8. The van der Waals surface area contributed by atoms with E-state index in [1.54, 1.807) is 19.4 Å². The molecule has 42 heavy (non-hydrogen) atoms. The van der Waals surface area contributed by atoms with Crippen LogP contribution in [-0.4, -0.2) is 56.3 Å². The zero-order chi connectivity index (χ0) is 30.7. The summed E-state index contributed by atoms with van der Waals surface area (Å²) in [4.78, 5) is 28.7. The zero-order valence-electron chi connectivity index (χ0n) is 24.8. The van der Waals surface area contributed by atoms with Gasteiger partial charge in [-0.2, -0.15) is 0 Å². The van der Waals surface area contributed by atoms with Crippen LogP contribution in [0.1, 0.15) is 69.1 Å². The lowest BCUT2D eigenvalue weighted by atomic mass is 9.75. The molecule has 0 bridgehead atoms. The monoisotopic (exact) mass is 632 g/mol. The first-order valence-corrected chi connectivity index (χ1v) is 15.7. The number of halogens is 2. The second kappa shape index (κ2) is 13.3. The molecule has 0 aliphatic carbocycles. The van der Waals surface area contributed by atoms with Crippen molar-refractivity contribution in [2.75, 3.05) is 30.4 Å². The molecule has 1 saturated heterocycles. The Labute approximate surface area is 261 Å². The minimum absolute atomic E-state index is 0.0158. The fraction of sp³-hybridized carbons (Fsp3) is 0.467. The molecule has 226 valence electrons. The first kappa shape index (κ1) is 32.3. The van der Waals surface area contributed by atoms with E-state index in [1.165, 1.54) is 6.20 Å². The molecule has 2 atom stereocenters. The molecule has 12 heteroatoms. The summed E-state index contributed by atoms with van der Waals surface area (Å²) >= 11 is 12.0. The maximum Gasteiger partial charge on any atom is 0.216 e. The molecule has 2 aromatic heterocycles. The third-order valence-corrected chi connectivity index (χ3v) is 10.1. The number of hydrogen-bond acceptors (Lipinski definition) is 9. The summed E-state index contributed by atoms with van der Waals surface area (Å²) in [6, 6.07) is 9.22. The molecule has 0 radical (unpaired) electrons. The maximum absolute atomic E-state index is 13.4. The number of rotatable bonds is 10. The van der Waals surface area contributed by atoms with Gasteiger partial charge in [0, 0.05) is 42.8 Å². The van der Waals surface area contributed by atoms with Crippen LogP contribution in [0.25, 0.3) is 0 Å². The molecule has 9 nitrogen and oxygen atoms in total. The molecule has 2 N–H and O–H groups in total. The van der Waals surface area contributed by atoms with Crippen LogP contribution >= 0.6 is 23.2 Å². The van der Waals surface area contributed by atoms with Gasteiger partial charge in [-0.1, -0.05) is 42.3 Å². The van der Waals surface area contributed by atoms with Crippen LogP contribution in [0.15, 0.2) is 42.7 Å². The fourth-order valence-corrected chi connectivity index (χ4v) is 6.07. The van der Waals surface area contributed by atoms with Gasteiger partial charge >= 0.3 is 0 Å². The standard InChI is InChI=1S/C30H38Cl2N6O3S/c1-19(37-42(40)29(2,3)4)30(5)12-15-38(16-13-30)23-18-34-25(27(32)36-23)26(39)22-11-14-33-28(24(22)31)35-17-20-7-9-21(41-6)10-8-20/h7-11,14,18-19,37H,12-13,15-17H2,1-6H3,(H,33,35)/t19-,42?/m1/s1. The van der Waals surface area contributed by atoms with E-state index in [-0.39, 0.29) is 37.6 Å². The molecule has 0 saturated carbocycles. The Balaban J connectivity index is 1.41. The van der Waals surface area contributed by atoms with Crippen LogP contribution < -0.4 is 19.7 Å². The van der Waals surface area contributed by atoms with Crippen molar-refractivity contribution < 1.29 is 14.1 Å². The van der Waals surface area contributed by atoms with E-state index < -0.39 is 17.1 Å². The van der Waals surface area contributed by atoms with Crippen molar-refractivity contribution in [2.45, 2.75) is 64.8 Å². The first-order valence-electron chi connectivity index (χ1n) is 13.8. The summed E-state index contributed by atoms with van der Waals surface area (Å²) in [5, 5.41) is 3.38. The predicted molar refractivity (Wildman–Crippen MR) is 170 cm³/mol. The smallest absolute Gasteiger partial charge is 0.216 e. The third-order valence-electron chi connectivity index (χ3n) is 7.80. The summed E-state index contributed by atoms with van der Waals surface area (Å²) in [6.45, 7) is 12.2. The number of carbonyl (C=O) groups excluding carboxylic acids is 1. The molecule has 3 aromatic rings. The lowest BCUT2D eigenvalue weighted by Crippen LogP contribution is -2.53. The number of nitrogens with zero attached hydrogens (tertiary/aromatic N) is 4. The highest BCUT2D eigenvalue weighted by Crippen LogP contribution is 2.37. The van der Waals surface area contributed by atoms with Gasteiger partial charge in [-0.25, -0.2) is 15.0 Å². The average molecular weight is 634 g/mol. The lowest BCUT2D eigenvalue weighted by Gasteiger charge is -2.44. The summed E-state index contributed by atoms with van der Waals surface area (Å²) < 4.78 is 20.8. The van der Waals surface area contributed by atoms with Crippen molar-refractivity contribution in [3.63, 3.8) is 0 Å². The van der Waals surface area contributed by atoms with Gasteiger partial charge in [0.05, 0.1) is 24.4 Å². The third kappa shape index (κ3) is 7.47. The van der Waals surface area contributed by atoms with Gasteiger partial charge in [-0.3, -0.25) is 4.79 Å². The van der Waals surface area contributed by atoms with Crippen LogP contribution in [0.4, 0.5) is 11.6 Å². The number of carbonyl (C=O) groups is 1. The average Bonchev–Trinajstić information content (AvgIpc) is 2.96. The van der Waals surface area contributed by atoms with E-state index in [1.807, 2.05) is 45.0 Å². The lowest BCUT2D eigenvalue weighted by molar-refractivity contribution is 0.103. The minimum Gasteiger partial charge on any atom is -0.598 e. The Kier molecular flexibility index (Phi) is 10.3. The van der Waals surface area contributed by atoms with Gasteiger partial charge in [0.15, 0.2) is 5.15 Å². The van der Waals surface area contributed by atoms with E-state index in [9.17, 15) is 9.35 Å². The van der Waals surface area contributed by atoms with Crippen molar-refractivity contribution in [3.05, 3.63) is 69.7 Å². The number of aromatic nitrogens is 3. The molecule has 1 unspecified atom stereocenters. The molecule has 1 aliphatic heterocycles. The number of benzene rings is 1. The summed E-state index contributed by atoms with van der Waals surface area (Å²) in [5.74, 6) is 1.32. The number of anilines is 2. The topological polar surface area (TPSA) is 115 Å². The quantitative estimate of drug-likeness (QED) is 0.203. The maximum atomic E-state index is 13.4. The number of hydrogen-bond donors (Lipinski definition) is 2. The summed E-state index contributed by atoms with van der Waals surface area (Å²) in [5.41, 5.74) is 1.23. The molecule has 3 heterocycles. The van der Waals surface area contributed by atoms with Gasteiger partial charge in [0.25, 0.3) is 0 Å². The molecule has 4 rings (SSSR count). The number of piperidine rings is 1. The number of ketones is 1. The normalized spacial score (nSPS) is 16.5. The Morgan fingerprint density at radius 2 is 1.83 bits per heavy atom. The van der Waals surface area contributed by atoms with Crippen LogP contribution in [0, 0.1) is 5.41 Å². The van der Waals surface area contributed by atoms with Crippen molar-refractivity contribution in [1.82, 2.24) is 19.7 Å². The molecule has 1 aromatic carbocycles. The highest BCUT2D eigenvalue weighted by Gasteiger charge is 2.39. The minimum atomic E-state index is -1.14. The van der Waals surface area contributed by atoms with Gasteiger partial charge in [-0.05, 0) is 69.7 Å². The Morgan fingerprint density at radius 3 is 2.43 bits per heavy atom. The van der Waals surface area contributed by atoms with E-state index in [4.69, 9.17) is 27.9 Å². The summed E-state index contributed by atoms with van der Waals surface area (Å²) in [6.07, 6.45) is 4.85. The van der Waals surface area contributed by atoms with Crippen molar-refractivity contribution >= 4 is 52.0 Å². The Bertz CT molecular complexity index is 1390. The molecular formula is C30H38Cl2N6O3S. The number of ether oxygens (including phenoxy) is 1. The Hall–Kier alpha value is -2.63. The zero-order valence-corrected chi connectivity index (χ0v) is 27.2. The van der Waals surface area contributed by atoms with Crippen LogP contribution in [0.5, 0.6) is 5.75 Å². The highest BCUT2D eigenvalue weighted by molar-refractivity contribution is 7.90. The van der Waals surface area contributed by atoms with Crippen molar-refractivity contribution in [1.29, 1.82) is 0 Å². The summed E-state index contributed by atoms with van der Waals surface area (Å²) in [7, 11) is 1.62. The van der Waals surface area contributed by atoms with Crippen molar-refractivity contribution in [2.24, 2.45) is 5.41 Å². The first-order chi connectivity index (χ1) is 19.8. The highest BCUT2D eigenvalue weighted by atomic mass is 35.5. The second-order valence-corrected chi connectivity index (χ2v) is 14.5. The van der Waals surface area contributed by atoms with Crippen LogP contribution in [0.3, 0.4) is 0 Å². The van der Waals surface area contributed by atoms with Crippen LogP contribution in [-0.2, 0) is 17.9 Å². The molecule has 0 spiro atoms. The van der Waals surface area contributed by atoms with E-state index in [2.05, 4.69) is 43.7 Å². The molecule has 1 fully saturated rings. The van der Waals surface area contributed by atoms with E-state index >= 15 is 0 Å². The van der Waals surface area contributed by atoms with E-state index in [0.29, 0.717) is 18.2 Å². The van der Waals surface area contributed by atoms with Crippen molar-refractivity contribution in [3.8, 4) is 5.75 Å². The van der Waals surface area contributed by atoms with Gasteiger partial charge in [0.1, 0.15) is 27.8 Å². The van der Waals surface area contributed by atoms with Crippen LogP contribution in [0.2, 0.25) is 10.2 Å². The Morgan fingerprint density at radius 1 is 1.17 bits per heavy atom. The molecule has 1 aliphatic rings.